The Kier molecular flexibility index (Phi) is 5.06. The molecule has 0 spiro atoms. The highest BCUT2D eigenvalue weighted by molar-refractivity contribution is 5.76. The SMILES string of the molecule is CCOC(=O)[C@H](N)Cc1cccc(-c2cccc(F)c2)c1. The molecule has 0 aromatic heterocycles. The van der Waals surface area contributed by atoms with E-state index in [1.807, 2.05) is 30.3 Å². The van der Waals surface area contributed by atoms with Crippen molar-refractivity contribution in [2.24, 2.45) is 5.73 Å². The second-order valence-corrected chi connectivity index (χ2v) is 4.77. The Balaban J connectivity index is 2.16. The summed E-state index contributed by atoms with van der Waals surface area (Å²) in [6, 6.07) is 13.3. The van der Waals surface area contributed by atoms with Crippen molar-refractivity contribution >= 4 is 5.97 Å². The molecule has 2 rings (SSSR count). The van der Waals surface area contributed by atoms with Crippen molar-refractivity contribution < 1.29 is 13.9 Å². The van der Waals surface area contributed by atoms with Gasteiger partial charge in [0.25, 0.3) is 0 Å². The second-order valence-electron chi connectivity index (χ2n) is 4.77. The van der Waals surface area contributed by atoms with Gasteiger partial charge in [0.05, 0.1) is 6.61 Å². The van der Waals surface area contributed by atoms with Crippen molar-refractivity contribution in [1.82, 2.24) is 0 Å². The predicted molar refractivity (Wildman–Crippen MR) is 80.1 cm³/mol. The maximum Gasteiger partial charge on any atom is 0.323 e. The largest absolute Gasteiger partial charge is 0.465 e. The van der Waals surface area contributed by atoms with Gasteiger partial charge in [-0.1, -0.05) is 36.4 Å². The zero-order chi connectivity index (χ0) is 15.2. The van der Waals surface area contributed by atoms with Gasteiger partial charge < -0.3 is 10.5 Å². The minimum absolute atomic E-state index is 0.277. The number of hydrogen-bond donors (Lipinski definition) is 1. The topological polar surface area (TPSA) is 52.3 Å². The Morgan fingerprint density at radius 3 is 2.52 bits per heavy atom. The number of benzene rings is 2. The number of rotatable bonds is 5. The minimum Gasteiger partial charge on any atom is -0.465 e. The molecular formula is C17H18FNO2. The second kappa shape index (κ2) is 6.99. The van der Waals surface area contributed by atoms with Crippen molar-refractivity contribution in [3.63, 3.8) is 0 Å². The monoisotopic (exact) mass is 287 g/mol. The zero-order valence-corrected chi connectivity index (χ0v) is 11.9. The van der Waals surface area contributed by atoms with Crippen molar-refractivity contribution in [1.29, 1.82) is 0 Å². The zero-order valence-electron chi connectivity index (χ0n) is 11.9. The fourth-order valence-corrected chi connectivity index (χ4v) is 2.13. The molecule has 2 aromatic carbocycles. The fourth-order valence-electron chi connectivity index (χ4n) is 2.13. The lowest BCUT2D eigenvalue weighted by Crippen LogP contribution is -2.34. The van der Waals surface area contributed by atoms with Crippen LogP contribution in [0.3, 0.4) is 0 Å². The lowest BCUT2D eigenvalue weighted by molar-refractivity contribution is -0.144. The lowest BCUT2D eigenvalue weighted by atomic mass is 9.99. The summed E-state index contributed by atoms with van der Waals surface area (Å²) in [5, 5.41) is 0. The Morgan fingerprint density at radius 2 is 1.86 bits per heavy atom. The van der Waals surface area contributed by atoms with Crippen LogP contribution in [0.1, 0.15) is 12.5 Å². The number of ether oxygens (including phenoxy) is 1. The van der Waals surface area contributed by atoms with Crippen LogP contribution in [0.5, 0.6) is 0 Å². The van der Waals surface area contributed by atoms with Crippen LogP contribution in [-0.4, -0.2) is 18.6 Å². The summed E-state index contributed by atoms with van der Waals surface area (Å²) in [4.78, 5) is 11.6. The fraction of sp³-hybridized carbons (Fsp3) is 0.235. The lowest BCUT2D eigenvalue weighted by Gasteiger charge is -2.11. The molecule has 0 unspecified atom stereocenters. The summed E-state index contributed by atoms with van der Waals surface area (Å²) in [5.41, 5.74) is 8.41. The molecule has 4 heteroatoms. The molecule has 0 aliphatic carbocycles. The van der Waals surface area contributed by atoms with Gasteiger partial charge in [-0.05, 0) is 42.2 Å². The first-order valence-electron chi connectivity index (χ1n) is 6.87. The Hall–Kier alpha value is -2.20. The molecule has 0 radical (unpaired) electrons. The summed E-state index contributed by atoms with van der Waals surface area (Å²) < 4.78 is 18.2. The van der Waals surface area contributed by atoms with Crippen LogP contribution in [0.4, 0.5) is 4.39 Å². The van der Waals surface area contributed by atoms with Crippen LogP contribution in [0.2, 0.25) is 0 Å². The van der Waals surface area contributed by atoms with Crippen LogP contribution in [0.15, 0.2) is 48.5 Å². The molecule has 0 amide bonds. The molecule has 2 aromatic rings. The highest BCUT2D eigenvalue weighted by Crippen LogP contribution is 2.21. The third-order valence-electron chi connectivity index (χ3n) is 3.13. The quantitative estimate of drug-likeness (QED) is 0.860. The average molecular weight is 287 g/mol. The summed E-state index contributed by atoms with van der Waals surface area (Å²) in [6.45, 7) is 2.06. The molecule has 110 valence electrons. The third-order valence-corrected chi connectivity index (χ3v) is 3.13. The van der Waals surface area contributed by atoms with Crippen LogP contribution < -0.4 is 5.73 Å². The number of halogens is 1. The molecule has 0 bridgehead atoms. The molecular weight excluding hydrogens is 269 g/mol. The number of carbonyl (C=O) groups excluding carboxylic acids is 1. The molecule has 3 nitrogen and oxygen atoms in total. The number of esters is 1. The van der Waals surface area contributed by atoms with E-state index in [9.17, 15) is 9.18 Å². The van der Waals surface area contributed by atoms with Gasteiger partial charge in [-0.3, -0.25) is 4.79 Å². The van der Waals surface area contributed by atoms with Gasteiger partial charge in [0.15, 0.2) is 0 Å². The van der Waals surface area contributed by atoms with Gasteiger partial charge in [-0.25, -0.2) is 4.39 Å². The van der Waals surface area contributed by atoms with Crippen LogP contribution in [-0.2, 0) is 16.0 Å². The first kappa shape index (κ1) is 15.2. The maximum absolute atomic E-state index is 13.3. The van der Waals surface area contributed by atoms with Crippen molar-refractivity contribution in [3.8, 4) is 11.1 Å². The standard InChI is InChI=1S/C17H18FNO2/c1-2-21-17(20)16(19)10-12-5-3-6-13(9-12)14-7-4-8-15(18)11-14/h3-9,11,16H,2,10,19H2,1H3/t16-/m1/s1. The van der Waals surface area contributed by atoms with E-state index < -0.39 is 12.0 Å². The van der Waals surface area contributed by atoms with E-state index in [-0.39, 0.29) is 5.82 Å². The van der Waals surface area contributed by atoms with Crippen molar-refractivity contribution in [2.45, 2.75) is 19.4 Å². The molecule has 0 saturated heterocycles. The summed E-state index contributed by atoms with van der Waals surface area (Å²) in [6.07, 6.45) is 0.391. The van der Waals surface area contributed by atoms with E-state index in [2.05, 4.69) is 0 Å². The van der Waals surface area contributed by atoms with E-state index >= 15 is 0 Å². The van der Waals surface area contributed by atoms with E-state index in [1.54, 1.807) is 13.0 Å². The minimum atomic E-state index is -0.687. The highest BCUT2D eigenvalue weighted by Gasteiger charge is 2.15. The molecule has 1 atom stereocenters. The normalized spacial score (nSPS) is 12.0. The highest BCUT2D eigenvalue weighted by atomic mass is 19.1. The summed E-state index contributed by atoms with van der Waals surface area (Å²) >= 11 is 0. The van der Waals surface area contributed by atoms with Gasteiger partial charge in [-0.2, -0.15) is 0 Å². The number of nitrogens with two attached hydrogens (primary N) is 1. The molecule has 2 N–H and O–H groups in total. The molecule has 0 heterocycles. The first-order valence-corrected chi connectivity index (χ1v) is 6.87. The Morgan fingerprint density at radius 1 is 1.19 bits per heavy atom. The van der Waals surface area contributed by atoms with Gasteiger partial charge in [0.1, 0.15) is 11.9 Å². The molecule has 0 saturated carbocycles. The van der Waals surface area contributed by atoms with Crippen molar-refractivity contribution in [3.05, 3.63) is 59.9 Å². The first-order chi connectivity index (χ1) is 10.1. The number of hydrogen-bond acceptors (Lipinski definition) is 3. The number of carbonyl (C=O) groups is 1. The van der Waals surface area contributed by atoms with Crippen molar-refractivity contribution in [2.75, 3.05) is 6.61 Å². The van der Waals surface area contributed by atoms with Gasteiger partial charge in [-0.15, -0.1) is 0 Å². The average Bonchev–Trinajstić information content (AvgIpc) is 2.48. The Bertz CT molecular complexity index is 628. The van der Waals surface area contributed by atoms with Gasteiger partial charge >= 0.3 is 5.97 Å². The van der Waals surface area contributed by atoms with Crippen LogP contribution in [0, 0.1) is 5.82 Å². The summed E-state index contributed by atoms with van der Waals surface area (Å²) in [7, 11) is 0. The predicted octanol–water partition coefficient (Wildman–Crippen LogP) is 2.93. The van der Waals surface area contributed by atoms with E-state index in [4.69, 9.17) is 10.5 Å². The smallest absolute Gasteiger partial charge is 0.323 e. The Labute approximate surface area is 123 Å². The van der Waals surface area contributed by atoms with Gasteiger partial charge in [0, 0.05) is 0 Å². The molecule has 0 aliphatic rings. The van der Waals surface area contributed by atoms with E-state index in [0.29, 0.717) is 13.0 Å². The maximum atomic E-state index is 13.3. The molecule has 21 heavy (non-hydrogen) atoms. The molecule has 0 aliphatic heterocycles. The van der Waals surface area contributed by atoms with Gasteiger partial charge in [0.2, 0.25) is 0 Å². The van der Waals surface area contributed by atoms with E-state index in [0.717, 1.165) is 16.7 Å². The van der Waals surface area contributed by atoms with Crippen LogP contribution in [0.25, 0.3) is 11.1 Å². The summed E-state index contributed by atoms with van der Waals surface area (Å²) in [5.74, 6) is -0.685. The third kappa shape index (κ3) is 4.13. The van der Waals surface area contributed by atoms with E-state index in [1.165, 1.54) is 12.1 Å². The van der Waals surface area contributed by atoms with Crippen LogP contribution >= 0.6 is 0 Å². The molecule has 0 fully saturated rings.